The second-order valence-corrected chi connectivity index (χ2v) is 7.58. The lowest BCUT2D eigenvalue weighted by atomic mass is 10.1. The summed E-state index contributed by atoms with van der Waals surface area (Å²) < 4.78 is 11.1. The van der Waals surface area contributed by atoms with Gasteiger partial charge in [-0.2, -0.15) is 0 Å². The molecule has 1 aliphatic rings. The number of ether oxygens (including phenoxy) is 2. The van der Waals surface area contributed by atoms with Crippen LogP contribution in [0.1, 0.15) is 29.8 Å². The standard InChI is InChI=1S/C20H20N2O5S/c1-12-3-8-16(21-10-12)17(27-13(2)23)11-26-15-6-4-14(5-7-15)9-18-19(24)22-20(25)28-18/h3-8,10,17-18H,9,11H2,1-2H3,(H,22,24,25). The predicted octanol–water partition coefficient (Wildman–Crippen LogP) is 2.97. The maximum absolute atomic E-state index is 11.7. The van der Waals surface area contributed by atoms with Crippen LogP contribution in [0.5, 0.6) is 5.75 Å². The lowest BCUT2D eigenvalue weighted by Gasteiger charge is -2.17. The highest BCUT2D eigenvalue weighted by molar-refractivity contribution is 8.15. The summed E-state index contributed by atoms with van der Waals surface area (Å²) in [4.78, 5) is 38.6. The van der Waals surface area contributed by atoms with E-state index < -0.39 is 17.3 Å². The Hall–Kier alpha value is -2.87. The van der Waals surface area contributed by atoms with Crippen molar-refractivity contribution in [1.29, 1.82) is 0 Å². The van der Waals surface area contributed by atoms with Gasteiger partial charge in [-0.05, 0) is 42.7 Å². The number of pyridine rings is 1. The van der Waals surface area contributed by atoms with Gasteiger partial charge in [0.25, 0.3) is 5.24 Å². The molecule has 0 radical (unpaired) electrons. The normalized spacial score (nSPS) is 17.1. The number of aryl methyl sites for hydroxylation is 1. The quantitative estimate of drug-likeness (QED) is 0.714. The Morgan fingerprint density at radius 1 is 1.21 bits per heavy atom. The molecule has 2 amide bonds. The highest BCUT2D eigenvalue weighted by atomic mass is 32.2. The Labute approximate surface area is 166 Å². The summed E-state index contributed by atoms with van der Waals surface area (Å²) >= 11 is 1.00. The molecule has 1 N–H and O–H groups in total. The molecule has 1 saturated heterocycles. The van der Waals surface area contributed by atoms with E-state index in [2.05, 4.69) is 10.3 Å². The van der Waals surface area contributed by atoms with Crippen molar-refractivity contribution in [2.75, 3.05) is 6.61 Å². The number of hydrogen-bond acceptors (Lipinski definition) is 7. The number of amides is 2. The van der Waals surface area contributed by atoms with Crippen LogP contribution in [-0.4, -0.2) is 34.0 Å². The molecule has 7 nitrogen and oxygen atoms in total. The van der Waals surface area contributed by atoms with Gasteiger partial charge in [0.2, 0.25) is 5.91 Å². The third-order valence-corrected chi connectivity index (χ3v) is 5.07. The molecule has 0 aliphatic carbocycles. The second kappa shape index (κ2) is 8.88. The number of carbonyl (C=O) groups is 3. The van der Waals surface area contributed by atoms with Gasteiger partial charge >= 0.3 is 5.97 Å². The monoisotopic (exact) mass is 400 g/mol. The zero-order chi connectivity index (χ0) is 20.1. The summed E-state index contributed by atoms with van der Waals surface area (Å²) in [5.74, 6) is -0.0639. The molecule has 2 unspecified atom stereocenters. The number of carbonyl (C=O) groups excluding carboxylic acids is 3. The van der Waals surface area contributed by atoms with Crippen LogP contribution in [0.2, 0.25) is 0 Å². The highest BCUT2D eigenvalue weighted by Crippen LogP contribution is 2.24. The van der Waals surface area contributed by atoms with Gasteiger partial charge in [0.05, 0.1) is 10.9 Å². The summed E-state index contributed by atoms with van der Waals surface area (Å²) in [5, 5.41) is 1.57. The molecule has 8 heteroatoms. The maximum atomic E-state index is 11.7. The minimum absolute atomic E-state index is 0.129. The van der Waals surface area contributed by atoms with Crippen molar-refractivity contribution in [2.45, 2.75) is 31.6 Å². The maximum Gasteiger partial charge on any atom is 0.303 e. The Balaban J connectivity index is 1.60. The number of hydrogen-bond donors (Lipinski definition) is 1. The number of rotatable bonds is 7. The summed E-state index contributed by atoms with van der Waals surface area (Å²) in [7, 11) is 0. The number of benzene rings is 1. The van der Waals surface area contributed by atoms with Crippen LogP contribution >= 0.6 is 11.8 Å². The van der Waals surface area contributed by atoms with Crippen molar-refractivity contribution in [2.24, 2.45) is 0 Å². The number of esters is 1. The molecular formula is C20H20N2O5S. The molecule has 2 atom stereocenters. The molecule has 146 valence electrons. The van der Waals surface area contributed by atoms with Crippen molar-refractivity contribution >= 4 is 28.9 Å². The molecule has 28 heavy (non-hydrogen) atoms. The number of thioether (sulfide) groups is 1. The predicted molar refractivity (Wildman–Crippen MR) is 104 cm³/mol. The summed E-state index contributed by atoms with van der Waals surface area (Å²) in [6, 6.07) is 11.0. The second-order valence-electron chi connectivity index (χ2n) is 6.40. The largest absolute Gasteiger partial charge is 0.489 e. The fourth-order valence-corrected chi connectivity index (χ4v) is 3.54. The lowest BCUT2D eigenvalue weighted by molar-refractivity contribution is -0.148. The number of nitrogens with zero attached hydrogens (tertiary/aromatic N) is 1. The van der Waals surface area contributed by atoms with Crippen molar-refractivity contribution in [3.05, 3.63) is 59.4 Å². The van der Waals surface area contributed by atoms with E-state index in [9.17, 15) is 14.4 Å². The SMILES string of the molecule is CC(=O)OC(COc1ccc(CC2SC(=O)NC2=O)cc1)c1ccc(C)cn1. The zero-order valence-electron chi connectivity index (χ0n) is 15.5. The van der Waals surface area contributed by atoms with Crippen molar-refractivity contribution in [3.8, 4) is 5.75 Å². The minimum Gasteiger partial charge on any atom is -0.489 e. The van der Waals surface area contributed by atoms with Crippen LogP contribution in [-0.2, 0) is 20.7 Å². The summed E-state index contributed by atoms with van der Waals surface area (Å²) in [5.41, 5.74) is 2.55. The van der Waals surface area contributed by atoms with Crippen LogP contribution in [0.15, 0.2) is 42.6 Å². The molecule has 1 aromatic carbocycles. The highest BCUT2D eigenvalue weighted by Gasteiger charge is 2.31. The van der Waals surface area contributed by atoms with Crippen molar-refractivity contribution in [3.63, 3.8) is 0 Å². The Morgan fingerprint density at radius 3 is 2.54 bits per heavy atom. The van der Waals surface area contributed by atoms with Crippen LogP contribution in [0.3, 0.4) is 0 Å². The average Bonchev–Trinajstić information content (AvgIpc) is 2.97. The zero-order valence-corrected chi connectivity index (χ0v) is 16.3. The van der Waals surface area contributed by atoms with E-state index >= 15 is 0 Å². The van der Waals surface area contributed by atoms with E-state index in [0.29, 0.717) is 17.9 Å². The lowest BCUT2D eigenvalue weighted by Crippen LogP contribution is -2.25. The number of imide groups is 1. The van der Waals surface area contributed by atoms with Crippen molar-refractivity contribution < 1.29 is 23.9 Å². The molecule has 1 fully saturated rings. The number of aromatic nitrogens is 1. The van der Waals surface area contributed by atoms with Gasteiger partial charge in [-0.3, -0.25) is 24.7 Å². The van der Waals surface area contributed by atoms with Gasteiger partial charge in [-0.25, -0.2) is 0 Å². The average molecular weight is 400 g/mol. The third kappa shape index (κ3) is 5.32. The van der Waals surface area contributed by atoms with Gasteiger partial charge in [0.15, 0.2) is 6.10 Å². The summed E-state index contributed by atoms with van der Waals surface area (Å²) in [6.07, 6.45) is 1.57. The molecular weight excluding hydrogens is 380 g/mol. The van der Waals surface area contributed by atoms with Crippen LogP contribution in [0, 0.1) is 6.92 Å². The van der Waals surface area contributed by atoms with E-state index in [4.69, 9.17) is 9.47 Å². The molecule has 1 aromatic heterocycles. The molecule has 3 rings (SSSR count). The van der Waals surface area contributed by atoms with Gasteiger partial charge in [0.1, 0.15) is 12.4 Å². The van der Waals surface area contributed by atoms with E-state index in [1.807, 2.05) is 25.1 Å². The number of nitrogens with one attached hydrogen (secondary N) is 1. The molecule has 0 saturated carbocycles. The first kappa shape index (κ1) is 19.9. The first-order valence-corrected chi connectivity index (χ1v) is 9.61. The first-order chi connectivity index (χ1) is 13.4. The smallest absolute Gasteiger partial charge is 0.303 e. The Bertz CT molecular complexity index is 867. The Kier molecular flexibility index (Phi) is 6.30. The van der Waals surface area contributed by atoms with Crippen molar-refractivity contribution in [1.82, 2.24) is 10.3 Å². The minimum atomic E-state index is -0.609. The summed E-state index contributed by atoms with van der Waals surface area (Å²) in [6.45, 7) is 3.40. The molecule has 0 spiro atoms. The van der Waals surface area contributed by atoms with Crippen LogP contribution < -0.4 is 10.1 Å². The van der Waals surface area contributed by atoms with Crippen LogP contribution in [0.25, 0.3) is 0 Å². The molecule has 2 aromatic rings. The molecule has 2 heterocycles. The first-order valence-electron chi connectivity index (χ1n) is 8.73. The van der Waals surface area contributed by atoms with E-state index in [-0.39, 0.29) is 17.8 Å². The van der Waals surface area contributed by atoms with Gasteiger partial charge in [-0.15, -0.1) is 0 Å². The van der Waals surface area contributed by atoms with E-state index in [0.717, 1.165) is 22.9 Å². The van der Waals surface area contributed by atoms with E-state index in [1.165, 1.54) is 6.92 Å². The topological polar surface area (TPSA) is 94.6 Å². The van der Waals surface area contributed by atoms with E-state index in [1.54, 1.807) is 24.4 Å². The molecule has 0 bridgehead atoms. The fraction of sp³-hybridized carbons (Fsp3) is 0.300. The van der Waals surface area contributed by atoms with Gasteiger partial charge in [-0.1, -0.05) is 30.0 Å². The fourth-order valence-electron chi connectivity index (χ4n) is 2.69. The Morgan fingerprint density at radius 2 is 1.96 bits per heavy atom. The van der Waals surface area contributed by atoms with Gasteiger partial charge in [0, 0.05) is 13.1 Å². The van der Waals surface area contributed by atoms with Gasteiger partial charge < -0.3 is 9.47 Å². The van der Waals surface area contributed by atoms with Crippen LogP contribution in [0.4, 0.5) is 4.79 Å². The molecule has 1 aliphatic heterocycles. The third-order valence-electron chi connectivity index (χ3n) is 4.09.